The van der Waals surface area contributed by atoms with Gasteiger partial charge < -0.3 is 25.0 Å². The summed E-state index contributed by atoms with van der Waals surface area (Å²) in [6.07, 6.45) is 1.09. The molecule has 0 spiro atoms. The van der Waals surface area contributed by atoms with Gasteiger partial charge in [-0.3, -0.25) is 0 Å². The van der Waals surface area contributed by atoms with E-state index in [0.29, 0.717) is 12.3 Å². The van der Waals surface area contributed by atoms with Gasteiger partial charge in [0.2, 0.25) is 0 Å². The maximum Gasteiger partial charge on any atom is 0.123 e. The van der Waals surface area contributed by atoms with Gasteiger partial charge in [0.1, 0.15) is 24.2 Å². The zero-order valence-corrected chi connectivity index (χ0v) is 12.2. The van der Waals surface area contributed by atoms with Gasteiger partial charge in [0.05, 0.1) is 7.11 Å². The quantitative estimate of drug-likeness (QED) is 0.601. The molecule has 0 heterocycles. The van der Waals surface area contributed by atoms with Crippen LogP contribution in [0.1, 0.15) is 19.8 Å². The summed E-state index contributed by atoms with van der Waals surface area (Å²) in [5.74, 6) is 1.41. The fraction of sp³-hybridized carbons (Fsp3) is 0.600. The van der Waals surface area contributed by atoms with E-state index in [9.17, 15) is 5.11 Å². The lowest BCUT2D eigenvalue weighted by molar-refractivity contribution is 0.103. The average Bonchev–Trinajstić information content (AvgIpc) is 2.49. The van der Waals surface area contributed by atoms with Gasteiger partial charge in [-0.05, 0) is 31.9 Å². The molecule has 1 rings (SSSR count). The Morgan fingerprint density at radius 3 is 2.75 bits per heavy atom. The molecule has 0 aromatic heterocycles. The number of rotatable bonds is 10. The number of aliphatic hydroxyl groups excluding tert-OH is 2. The topological polar surface area (TPSA) is 71.0 Å². The predicted octanol–water partition coefficient (Wildman–Crippen LogP) is 1.19. The molecule has 0 aliphatic carbocycles. The summed E-state index contributed by atoms with van der Waals surface area (Å²) in [4.78, 5) is 0. The van der Waals surface area contributed by atoms with Crippen LogP contribution in [0.5, 0.6) is 11.5 Å². The molecule has 1 aromatic carbocycles. The zero-order valence-electron chi connectivity index (χ0n) is 12.2. The second kappa shape index (κ2) is 9.58. The summed E-state index contributed by atoms with van der Waals surface area (Å²) in [6.45, 7) is 2.93. The highest BCUT2D eigenvalue weighted by Gasteiger charge is 2.08. The highest BCUT2D eigenvalue weighted by atomic mass is 16.5. The lowest BCUT2D eigenvalue weighted by Crippen LogP contribution is -2.36. The molecule has 3 N–H and O–H groups in total. The first-order valence-corrected chi connectivity index (χ1v) is 6.95. The van der Waals surface area contributed by atoms with E-state index in [1.54, 1.807) is 13.2 Å². The van der Waals surface area contributed by atoms with Crippen molar-refractivity contribution < 1.29 is 19.7 Å². The SMILES string of the molecule is COc1cccc(OCC(O)CNC(C)CCCO)c1. The number of methoxy groups -OCH3 is 1. The van der Waals surface area contributed by atoms with Gasteiger partial charge in [0.25, 0.3) is 0 Å². The minimum Gasteiger partial charge on any atom is -0.497 e. The second-order valence-electron chi connectivity index (χ2n) is 4.82. The van der Waals surface area contributed by atoms with Gasteiger partial charge in [0.15, 0.2) is 0 Å². The summed E-state index contributed by atoms with van der Waals surface area (Å²) in [5.41, 5.74) is 0. The summed E-state index contributed by atoms with van der Waals surface area (Å²) >= 11 is 0. The molecule has 0 aliphatic heterocycles. The number of benzene rings is 1. The summed E-state index contributed by atoms with van der Waals surface area (Å²) in [7, 11) is 1.60. The van der Waals surface area contributed by atoms with Crippen molar-refractivity contribution in [3.63, 3.8) is 0 Å². The number of aliphatic hydroxyl groups is 2. The molecular weight excluding hydrogens is 258 g/mol. The maximum absolute atomic E-state index is 9.84. The van der Waals surface area contributed by atoms with E-state index in [2.05, 4.69) is 5.32 Å². The van der Waals surface area contributed by atoms with Gasteiger partial charge in [-0.1, -0.05) is 6.07 Å². The third kappa shape index (κ3) is 6.75. The normalized spacial score (nSPS) is 13.8. The molecule has 0 aliphatic rings. The number of ether oxygens (including phenoxy) is 2. The summed E-state index contributed by atoms with van der Waals surface area (Å²) in [6, 6.07) is 7.56. The molecule has 2 unspecified atom stereocenters. The Hall–Kier alpha value is -1.30. The monoisotopic (exact) mass is 283 g/mol. The zero-order chi connectivity index (χ0) is 14.8. The van der Waals surface area contributed by atoms with Crippen molar-refractivity contribution in [1.82, 2.24) is 5.32 Å². The molecule has 20 heavy (non-hydrogen) atoms. The Bertz CT molecular complexity index is 373. The minimum absolute atomic E-state index is 0.202. The van der Waals surface area contributed by atoms with Crippen LogP contribution in [0, 0.1) is 0 Å². The van der Waals surface area contributed by atoms with Crippen molar-refractivity contribution in [2.24, 2.45) is 0 Å². The smallest absolute Gasteiger partial charge is 0.123 e. The first kappa shape index (κ1) is 16.8. The minimum atomic E-state index is -0.572. The van der Waals surface area contributed by atoms with E-state index in [1.807, 2.05) is 25.1 Å². The number of hydrogen-bond donors (Lipinski definition) is 3. The van der Waals surface area contributed by atoms with E-state index in [-0.39, 0.29) is 19.3 Å². The van der Waals surface area contributed by atoms with Crippen molar-refractivity contribution in [2.75, 3.05) is 26.9 Å². The molecule has 0 bridgehead atoms. The van der Waals surface area contributed by atoms with Crippen LogP contribution in [0.2, 0.25) is 0 Å². The van der Waals surface area contributed by atoms with Crippen molar-refractivity contribution in [1.29, 1.82) is 0 Å². The summed E-state index contributed by atoms with van der Waals surface area (Å²) < 4.78 is 10.6. The molecule has 0 amide bonds. The lowest BCUT2D eigenvalue weighted by atomic mass is 10.2. The average molecular weight is 283 g/mol. The van der Waals surface area contributed by atoms with Crippen LogP contribution >= 0.6 is 0 Å². The molecule has 114 valence electrons. The van der Waals surface area contributed by atoms with Crippen LogP contribution in [-0.4, -0.2) is 49.2 Å². The van der Waals surface area contributed by atoms with Crippen molar-refractivity contribution in [2.45, 2.75) is 31.9 Å². The van der Waals surface area contributed by atoms with Crippen LogP contribution in [0.4, 0.5) is 0 Å². The molecule has 1 aromatic rings. The van der Waals surface area contributed by atoms with E-state index in [0.717, 1.165) is 18.6 Å². The first-order chi connectivity index (χ1) is 9.65. The van der Waals surface area contributed by atoms with E-state index < -0.39 is 6.10 Å². The van der Waals surface area contributed by atoms with E-state index in [4.69, 9.17) is 14.6 Å². The fourth-order valence-electron chi connectivity index (χ4n) is 1.78. The number of hydrogen-bond acceptors (Lipinski definition) is 5. The molecule has 0 saturated heterocycles. The Kier molecular flexibility index (Phi) is 8.02. The van der Waals surface area contributed by atoms with Gasteiger partial charge in [-0.2, -0.15) is 0 Å². The molecule has 5 heteroatoms. The van der Waals surface area contributed by atoms with Crippen LogP contribution in [0.15, 0.2) is 24.3 Å². The molecule has 0 fully saturated rings. The summed E-state index contributed by atoms with van der Waals surface area (Å²) in [5, 5.41) is 21.8. The number of nitrogens with one attached hydrogen (secondary N) is 1. The molecule has 2 atom stereocenters. The van der Waals surface area contributed by atoms with Crippen LogP contribution in [0.25, 0.3) is 0 Å². The van der Waals surface area contributed by atoms with Gasteiger partial charge in [-0.25, -0.2) is 0 Å². The van der Waals surface area contributed by atoms with Crippen molar-refractivity contribution in [3.8, 4) is 11.5 Å². The molecule has 0 radical (unpaired) electrons. The largest absolute Gasteiger partial charge is 0.497 e. The second-order valence-corrected chi connectivity index (χ2v) is 4.82. The van der Waals surface area contributed by atoms with Gasteiger partial charge >= 0.3 is 0 Å². The maximum atomic E-state index is 9.84. The standard InChI is InChI=1S/C15H25NO4/c1-12(5-4-8-17)16-10-13(18)11-20-15-7-3-6-14(9-15)19-2/h3,6-7,9,12-13,16-18H,4-5,8,10-11H2,1-2H3. The van der Waals surface area contributed by atoms with E-state index in [1.165, 1.54) is 0 Å². The Labute approximate surface area is 120 Å². The van der Waals surface area contributed by atoms with Gasteiger partial charge in [-0.15, -0.1) is 0 Å². The molecular formula is C15H25NO4. The third-order valence-corrected chi connectivity index (χ3v) is 2.98. The predicted molar refractivity (Wildman–Crippen MR) is 78.3 cm³/mol. The Morgan fingerprint density at radius 2 is 2.05 bits per heavy atom. The first-order valence-electron chi connectivity index (χ1n) is 6.95. The van der Waals surface area contributed by atoms with Crippen molar-refractivity contribution in [3.05, 3.63) is 24.3 Å². The Morgan fingerprint density at radius 1 is 1.30 bits per heavy atom. The van der Waals surface area contributed by atoms with Crippen LogP contribution in [-0.2, 0) is 0 Å². The van der Waals surface area contributed by atoms with Crippen LogP contribution in [0.3, 0.4) is 0 Å². The van der Waals surface area contributed by atoms with Crippen molar-refractivity contribution >= 4 is 0 Å². The molecule has 0 saturated carbocycles. The highest BCUT2D eigenvalue weighted by molar-refractivity contribution is 5.32. The highest BCUT2D eigenvalue weighted by Crippen LogP contribution is 2.18. The third-order valence-electron chi connectivity index (χ3n) is 2.98. The van der Waals surface area contributed by atoms with Crippen LogP contribution < -0.4 is 14.8 Å². The Balaban J connectivity index is 2.23. The molecule has 5 nitrogen and oxygen atoms in total. The fourth-order valence-corrected chi connectivity index (χ4v) is 1.78. The lowest BCUT2D eigenvalue weighted by Gasteiger charge is -2.17. The van der Waals surface area contributed by atoms with Gasteiger partial charge in [0, 0.05) is 25.3 Å². The van der Waals surface area contributed by atoms with E-state index >= 15 is 0 Å².